The van der Waals surface area contributed by atoms with Crippen LogP contribution in [0.25, 0.3) is 0 Å². The van der Waals surface area contributed by atoms with Gasteiger partial charge in [0.05, 0.1) is 24.7 Å². The smallest absolute Gasteiger partial charge is 0.339 e. The number of ether oxygens (including phenoxy) is 3. The molecule has 0 amide bonds. The molecule has 0 bridgehead atoms. The first-order valence-electron chi connectivity index (χ1n) is 14.3. The van der Waals surface area contributed by atoms with Gasteiger partial charge in [-0.1, -0.05) is 92.7 Å². The normalized spacial score (nSPS) is 14.0. The van der Waals surface area contributed by atoms with Crippen LogP contribution in [0.1, 0.15) is 57.8 Å². The Morgan fingerprint density at radius 2 is 1.27 bits per heavy atom. The quantitative estimate of drug-likeness (QED) is 0.137. The molecule has 0 heterocycles. The molecule has 218 valence electrons. The lowest BCUT2D eigenvalue weighted by molar-refractivity contribution is -0.153. The van der Waals surface area contributed by atoms with E-state index < -0.39 is 31.9 Å². The van der Waals surface area contributed by atoms with Crippen LogP contribution in [0.3, 0.4) is 0 Å². The van der Waals surface area contributed by atoms with Crippen molar-refractivity contribution in [3.8, 4) is 0 Å². The lowest BCUT2D eigenvalue weighted by Gasteiger charge is -2.30. The Labute approximate surface area is 245 Å². The molecule has 0 N–H and O–H groups in total. The van der Waals surface area contributed by atoms with Gasteiger partial charge in [-0.3, -0.25) is 9.59 Å². The highest BCUT2D eigenvalue weighted by Crippen LogP contribution is 2.35. The molecular formula is C34H41O6P. The van der Waals surface area contributed by atoms with E-state index in [1.165, 1.54) is 0 Å². The van der Waals surface area contributed by atoms with Crippen LogP contribution < -0.4 is 15.9 Å². The topological polar surface area (TPSA) is 78.9 Å². The van der Waals surface area contributed by atoms with E-state index in [0.29, 0.717) is 18.6 Å². The lowest BCUT2D eigenvalue weighted by Crippen LogP contribution is -2.38. The van der Waals surface area contributed by atoms with Crippen molar-refractivity contribution in [3.05, 3.63) is 90.5 Å². The number of carbonyl (C=O) groups is 3. The van der Waals surface area contributed by atoms with Gasteiger partial charge < -0.3 is 14.2 Å². The van der Waals surface area contributed by atoms with Gasteiger partial charge in [-0.15, -0.1) is 0 Å². The summed E-state index contributed by atoms with van der Waals surface area (Å²) in [5, 5.41) is 3.12. The van der Waals surface area contributed by atoms with E-state index in [4.69, 9.17) is 14.2 Å². The molecule has 0 aliphatic heterocycles. The van der Waals surface area contributed by atoms with Crippen LogP contribution >= 0.6 is 7.92 Å². The van der Waals surface area contributed by atoms with E-state index in [1.807, 2.05) is 68.4 Å². The zero-order valence-corrected chi connectivity index (χ0v) is 25.5. The second-order valence-corrected chi connectivity index (χ2v) is 12.4. The minimum atomic E-state index is -1.04. The second kappa shape index (κ2) is 16.1. The molecule has 0 saturated carbocycles. The van der Waals surface area contributed by atoms with Crippen LogP contribution in [0.4, 0.5) is 0 Å². The lowest BCUT2D eigenvalue weighted by atomic mass is 9.85. The van der Waals surface area contributed by atoms with Gasteiger partial charge in [0.15, 0.2) is 0 Å². The fourth-order valence-electron chi connectivity index (χ4n) is 5.09. The maximum Gasteiger partial charge on any atom is 0.339 e. The van der Waals surface area contributed by atoms with Crippen molar-refractivity contribution < 1.29 is 28.6 Å². The Bertz CT molecular complexity index is 1220. The zero-order valence-electron chi connectivity index (χ0n) is 24.6. The number of carbonyl (C=O) groups excluding carboxylic acids is 3. The van der Waals surface area contributed by atoms with Gasteiger partial charge in [-0.05, 0) is 68.9 Å². The van der Waals surface area contributed by atoms with E-state index in [0.717, 1.165) is 15.9 Å². The van der Waals surface area contributed by atoms with Gasteiger partial charge in [0.1, 0.15) is 6.10 Å². The van der Waals surface area contributed by atoms with E-state index in [2.05, 4.69) is 24.3 Å². The third-order valence-electron chi connectivity index (χ3n) is 6.94. The summed E-state index contributed by atoms with van der Waals surface area (Å²) in [7, 11) is -1.04. The van der Waals surface area contributed by atoms with Gasteiger partial charge in [-0.2, -0.15) is 0 Å². The zero-order chi connectivity index (χ0) is 29.8. The predicted molar refractivity (Wildman–Crippen MR) is 164 cm³/mol. The first-order chi connectivity index (χ1) is 19.8. The highest BCUT2D eigenvalue weighted by atomic mass is 31.1. The molecule has 7 heteroatoms. The second-order valence-electron chi connectivity index (χ2n) is 10.3. The molecule has 4 atom stereocenters. The fraction of sp³-hybridized carbons (Fsp3) is 0.382. The molecule has 0 radical (unpaired) electrons. The molecule has 0 fully saturated rings. The van der Waals surface area contributed by atoms with E-state index in [1.54, 1.807) is 26.8 Å². The van der Waals surface area contributed by atoms with Crippen molar-refractivity contribution >= 4 is 41.7 Å². The molecule has 6 nitrogen and oxygen atoms in total. The van der Waals surface area contributed by atoms with Gasteiger partial charge in [0, 0.05) is 6.42 Å². The maximum atomic E-state index is 13.9. The van der Waals surface area contributed by atoms with E-state index in [9.17, 15) is 14.4 Å². The number of hydrogen-bond acceptors (Lipinski definition) is 6. The Kier molecular flexibility index (Phi) is 12.6. The summed E-state index contributed by atoms with van der Waals surface area (Å²) in [6.07, 6.45) is 0.0931. The summed E-state index contributed by atoms with van der Waals surface area (Å²) in [5.41, 5.74) is 0.471. The third-order valence-corrected chi connectivity index (χ3v) is 9.44. The monoisotopic (exact) mass is 576 g/mol. The molecule has 3 rings (SSSR count). The average molecular weight is 577 g/mol. The summed E-state index contributed by atoms with van der Waals surface area (Å²) in [5.74, 6) is -2.06. The minimum Gasteiger partial charge on any atom is -0.466 e. The van der Waals surface area contributed by atoms with Crippen molar-refractivity contribution in [2.24, 2.45) is 17.8 Å². The Balaban J connectivity index is 1.95. The van der Waals surface area contributed by atoms with Crippen molar-refractivity contribution in [1.82, 2.24) is 0 Å². The molecule has 41 heavy (non-hydrogen) atoms. The Morgan fingerprint density at radius 3 is 1.83 bits per heavy atom. The molecular weight excluding hydrogens is 535 g/mol. The number of benzene rings is 3. The van der Waals surface area contributed by atoms with Crippen LogP contribution in [-0.4, -0.2) is 37.2 Å². The largest absolute Gasteiger partial charge is 0.466 e. The fourth-order valence-corrected chi connectivity index (χ4v) is 7.52. The minimum absolute atomic E-state index is 0.0177. The standard InChI is InChI=1S/C34H41O6P/c1-6-38-31(35)23-24(3)22-25(4)32(26(5)33(36)39-7-2)40-34(37)29-20-14-15-21-30(29)41(27-16-10-8-11-17-27)28-18-12-9-13-19-28/h8-21,24-26,32H,6-7,22-23H2,1-5H3/t24-,25-,26+,32+/m0/s1. The molecule has 0 aromatic heterocycles. The van der Waals surface area contributed by atoms with Crippen LogP contribution in [0.2, 0.25) is 0 Å². The van der Waals surface area contributed by atoms with Crippen LogP contribution in [0, 0.1) is 17.8 Å². The van der Waals surface area contributed by atoms with Crippen LogP contribution in [0.15, 0.2) is 84.9 Å². The first kappa shape index (κ1) is 32.0. The third kappa shape index (κ3) is 8.99. The van der Waals surface area contributed by atoms with Crippen molar-refractivity contribution in [1.29, 1.82) is 0 Å². The predicted octanol–water partition coefficient (Wildman–Crippen LogP) is 5.78. The summed E-state index contributed by atoms with van der Waals surface area (Å²) in [4.78, 5) is 38.8. The SMILES string of the molecule is CCOC(=O)C[C@@H](C)C[C@H](C)[C@@H](OC(=O)c1ccccc1P(c1ccccc1)c1ccccc1)[C@@H](C)C(=O)OCC. The van der Waals surface area contributed by atoms with Crippen LogP contribution in [0.5, 0.6) is 0 Å². The van der Waals surface area contributed by atoms with Crippen molar-refractivity contribution in [2.75, 3.05) is 13.2 Å². The van der Waals surface area contributed by atoms with Gasteiger partial charge in [-0.25, -0.2) is 4.79 Å². The summed E-state index contributed by atoms with van der Waals surface area (Å²) < 4.78 is 16.6. The van der Waals surface area contributed by atoms with Crippen LogP contribution in [-0.2, 0) is 23.8 Å². The summed E-state index contributed by atoms with van der Waals surface area (Å²) >= 11 is 0. The van der Waals surface area contributed by atoms with Gasteiger partial charge in [0.2, 0.25) is 0 Å². The van der Waals surface area contributed by atoms with Crippen molar-refractivity contribution in [3.63, 3.8) is 0 Å². The summed E-state index contributed by atoms with van der Waals surface area (Å²) in [6, 6.07) is 27.9. The Hall–Kier alpha value is -3.50. The molecule has 0 spiro atoms. The molecule has 3 aromatic carbocycles. The molecule has 0 saturated heterocycles. The highest BCUT2D eigenvalue weighted by molar-refractivity contribution is 7.80. The molecule has 0 aliphatic carbocycles. The van der Waals surface area contributed by atoms with E-state index in [-0.39, 0.29) is 30.8 Å². The van der Waals surface area contributed by atoms with Gasteiger partial charge >= 0.3 is 17.9 Å². The number of hydrogen-bond donors (Lipinski definition) is 0. The number of rotatable bonds is 14. The Morgan fingerprint density at radius 1 is 0.732 bits per heavy atom. The van der Waals surface area contributed by atoms with E-state index >= 15 is 0 Å². The maximum absolute atomic E-state index is 13.9. The first-order valence-corrected chi connectivity index (χ1v) is 15.6. The van der Waals surface area contributed by atoms with Crippen molar-refractivity contribution in [2.45, 2.75) is 53.6 Å². The molecule has 0 aliphatic rings. The highest BCUT2D eigenvalue weighted by Gasteiger charge is 2.35. The number of esters is 3. The summed E-state index contributed by atoms with van der Waals surface area (Å²) in [6.45, 7) is 9.73. The average Bonchev–Trinajstić information content (AvgIpc) is 2.97. The molecule has 3 aromatic rings. The molecule has 0 unspecified atom stereocenters. The van der Waals surface area contributed by atoms with Gasteiger partial charge in [0.25, 0.3) is 0 Å².